The number of benzene rings is 2. The van der Waals surface area contributed by atoms with Gasteiger partial charge in [-0.25, -0.2) is 0 Å². The minimum Gasteiger partial charge on any atom is -0.321 e. The summed E-state index contributed by atoms with van der Waals surface area (Å²) in [5.41, 5.74) is 3.80. The number of amides is 1. The molecule has 0 saturated carbocycles. The Labute approximate surface area is 121 Å². The molecule has 0 saturated heterocycles. The number of aryl methyl sites for hydroxylation is 1. The lowest BCUT2D eigenvalue weighted by atomic mass is 10.0. The molecule has 0 aliphatic carbocycles. The molecule has 0 atom stereocenters. The number of non-ortho nitro benzene ring substituents is 1. The summed E-state index contributed by atoms with van der Waals surface area (Å²) >= 11 is 0. The molecular weight excluding hydrogens is 268 g/mol. The summed E-state index contributed by atoms with van der Waals surface area (Å²) in [6.45, 7) is 1.95. The maximum absolute atomic E-state index is 12.1. The molecule has 0 spiro atoms. The van der Waals surface area contributed by atoms with Gasteiger partial charge >= 0.3 is 0 Å². The molecule has 1 aliphatic rings. The van der Waals surface area contributed by atoms with Crippen molar-refractivity contribution >= 4 is 28.9 Å². The van der Waals surface area contributed by atoms with Gasteiger partial charge in [-0.3, -0.25) is 14.9 Å². The van der Waals surface area contributed by atoms with Gasteiger partial charge in [-0.2, -0.15) is 0 Å². The van der Waals surface area contributed by atoms with E-state index in [0.29, 0.717) is 11.1 Å². The van der Waals surface area contributed by atoms with E-state index in [1.807, 2.05) is 25.1 Å². The van der Waals surface area contributed by atoms with E-state index in [0.717, 1.165) is 16.8 Å². The van der Waals surface area contributed by atoms with Gasteiger partial charge < -0.3 is 5.32 Å². The van der Waals surface area contributed by atoms with Crippen LogP contribution in [0.5, 0.6) is 0 Å². The van der Waals surface area contributed by atoms with Crippen molar-refractivity contribution in [3.05, 3.63) is 69.3 Å². The van der Waals surface area contributed by atoms with Gasteiger partial charge in [0.25, 0.3) is 11.6 Å². The fraction of sp³-hybridized carbons (Fsp3) is 0.0625. The number of carbonyl (C=O) groups excluding carboxylic acids is 1. The number of hydrogen-bond donors (Lipinski definition) is 1. The Morgan fingerprint density at radius 2 is 2.00 bits per heavy atom. The number of rotatable bonds is 2. The van der Waals surface area contributed by atoms with Crippen molar-refractivity contribution in [3.63, 3.8) is 0 Å². The van der Waals surface area contributed by atoms with E-state index in [9.17, 15) is 14.9 Å². The van der Waals surface area contributed by atoms with Crippen LogP contribution in [0.4, 0.5) is 11.4 Å². The largest absolute Gasteiger partial charge is 0.321 e. The Morgan fingerprint density at radius 1 is 1.19 bits per heavy atom. The number of anilines is 1. The fourth-order valence-electron chi connectivity index (χ4n) is 2.34. The highest BCUT2D eigenvalue weighted by Crippen LogP contribution is 2.33. The predicted octanol–water partition coefficient (Wildman–Crippen LogP) is 3.40. The monoisotopic (exact) mass is 280 g/mol. The first-order valence-electron chi connectivity index (χ1n) is 6.43. The maximum Gasteiger partial charge on any atom is 0.270 e. The number of hydrogen-bond acceptors (Lipinski definition) is 3. The number of carbonyl (C=O) groups is 1. The third kappa shape index (κ3) is 2.41. The second kappa shape index (κ2) is 4.86. The molecule has 0 radical (unpaired) electrons. The Morgan fingerprint density at radius 3 is 2.76 bits per heavy atom. The number of nitrogens with zero attached hydrogens (tertiary/aromatic N) is 1. The molecule has 0 unspecified atom stereocenters. The smallest absolute Gasteiger partial charge is 0.270 e. The topological polar surface area (TPSA) is 72.2 Å². The quantitative estimate of drug-likeness (QED) is 0.520. The summed E-state index contributed by atoms with van der Waals surface area (Å²) in [6, 6.07) is 11.9. The van der Waals surface area contributed by atoms with Crippen LogP contribution in [0.1, 0.15) is 16.7 Å². The molecule has 1 amide bonds. The average Bonchev–Trinajstić information content (AvgIpc) is 2.75. The highest BCUT2D eigenvalue weighted by atomic mass is 16.6. The molecule has 5 heteroatoms. The van der Waals surface area contributed by atoms with Crippen molar-refractivity contribution < 1.29 is 9.72 Å². The molecule has 1 aliphatic heterocycles. The van der Waals surface area contributed by atoms with Gasteiger partial charge in [0.1, 0.15) is 0 Å². The van der Waals surface area contributed by atoms with Gasteiger partial charge in [0.15, 0.2) is 0 Å². The van der Waals surface area contributed by atoms with Crippen molar-refractivity contribution in [2.75, 3.05) is 5.32 Å². The van der Waals surface area contributed by atoms with E-state index in [4.69, 9.17) is 0 Å². The minimum atomic E-state index is -0.450. The molecule has 1 N–H and O–H groups in total. The Hall–Kier alpha value is -2.95. The third-order valence-corrected chi connectivity index (χ3v) is 3.35. The molecule has 0 fully saturated rings. The Balaban J connectivity index is 2.08. The van der Waals surface area contributed by atoms with Crippen LogP contribution < -0.4 is 5.32 Å². The average molecular weight is 280 g/mol. The number of fused-ring (bicyclic) bond motifs is 1. The van der Waals surface area contributed by atoms with Crippen molar-refractivity contribution in [3.8, 4) is 0 Å². The van der Waals surface area contributed by atoms with Crippen molar-refractivity contribution in [1.82, 2.24) is 0 Å². The van der Waals surface area contributed by atoms with Crippen LogP contribution in [-0.2, 0) is 4.79 Å². The van der Waals surface area contributed by atoms with Gasteiger partial charge in [0, 0.05) is 29.0 Å². The minimum absolute atomic E-state index is 0.00669. The molecule has 104 valence electrons. The van der Waals surface area contributed by atoms with Gasteiger partial charge in [0.05, 0.1) is 4.92 Å². The van der Waals surface area contributed by atoms with E-state index in [1.54, 1.807) is 18.2 Å². The lowest BCUT2D eigenvalue weighted by Crippen LogP contribution is -2.03. The molecule has 0 bridgehead atoms. The highest BCUT2D eigenvalue weighted by molar-refractivity contribution is 6.34. The normalized spacial score (nSPS) is 14.9. The van der Waals surface area contributed by atoms with Crippen LogP contribution in [0.15, 0.2) is 42.5 Å². The van der Waals surface area contributed by atoms with Crippen LogP contribution in [-0.4, -0.2) is 10.8 Å². The maximum atomic E-state index is 12.1. The van der Waals surface area contributed by atoms with E-state index < -0.39 is 4.92 Å². The molecule has 3 rings (SSSR count). The SMILES string of the molecule is Cc1ccc2c(c1)C(=Cc1cccc([N+](=O)[O-])c1)C(=O)N2. The molecular formula is C16H12N2O3. The second-order valence-corrected chi connectivity index (χ2v) is 4.91. The Kier molecular flexibility index (Phi) is 3.02. The van der Waals surface area contributed by atoms with Crippen LogP contribution in [0.2, 0.25) is 0 Å². The Bertz CT molecular complexity index is 794. The van der Waals surface area contributed by atoms with Crippen molar-refractivity contribution in [2.24, 2.45) is 0 Å². The van der Waals surface area contributed by atoms with E-state index in [2.05, 4.69) is 5.32 Å². The fourth-order valence-corrected chi connectivity index (χ4v) is 2.34. The number of nitro groups is 1. The zero-order valence-corrected chi connectivity index (χ0v) is 11.3. The van der Waals surface area contributed by atoms with Crippen LogP contribution >= 0.6 is 0 Å². The second-order valence-electron chi connectivity index (χ2n) is 4.91. The summed E-state index contributed by atoms with van der Waals surface area (Å²) in [5, 5.41) is 13.6. The van der Waals surface area contributed by atoms with Gasteiger partial charge in [0.2, 0.25) is 0 Å². The van der Waals surface area contributed by atoms with Crippen molar-refractivity contribution in [2.45, 2.75) is 6.92 Å². The lowest BCUT2D eigenvalue weighted by Gasteiger charge is -2.00. The van der Waals surface area contributed by atoms with Crippen LogP contribution in [0.3, 0.4) is 0 Å². The summed E-state index contributed by atoms with van der Waals surface area (Å²) in [5.74, 6) is -0.192. The van der Waals surface area contributed by atoms with E-state index >= 15 is 0 Å². The number of nitro benzene ring substituents is 1. The molecule has 1 heterocycles. The predicted molar refractivity (Wildman–Crippen MR) is 80.8 cm³/mol. The lowest BCUT2D eigenvalue weighted by molar-refractivity contribution is -0.384. The zero-order valence-electron chi connectivity index (χ0n) is 11.3. The van der Waals surface area contributed by atoms with Crippen LogP contribution in [0.25, 0.3) is 11.6 Å². The zero-order chi connectivity index (χ0) is 15.0. The molecule has 2 aromatic rings. The van der Waals surface area contributed by atoms with Gasteiger partial charge in [-0.1, -0.05) is 23.8 Å². The van der Waals surface area contributed by atoms with Gasteiger partial charge in [-0.15, -0.1) is 0 Å². The summed E-state index contributed by atoms with van der Waals surface area (Å²) < 4.78 is 0. The van der Waals surface area contributed by atoms with Crippen molar-refractivity contribution in [1.29, 1.82) is 0 Å². The van der Waals surface area contributed by atoms with E-state index in [1.165, 1.54) is 12.1 Å². The first kappa shape index (κ1) is 13.1. The third-order valence-electron chi connectivity index (χ3n) is 3.35. The first-order valence-corrected chi connectivity index (χ1v) is 6.43. The molecule has 5 nitrogen and oxygen atoms in total. The number of nitrogens with one attached hydrogen (secondary N) is 1. The summed E-state index contributed by atoms with van der Waals surface area (Å²) in [6.07, 6.45) is 1.67. The molecule has 0 aromatic heterocycles. The van der Waals surface area contributed by atoms with Gasteiger partial charge in [-0.05, 0) is 30.7 Å². The summed E-state index contributed by atoms with van der Waals surface area (Å²) in [7, 11) is 0. The molecule has 21 heavy (non-hydrogen) atoms. The first-order chi connectivity index (χ1) is 10.0. The van der Waals surface area contributed by atoms with Crippen LogP contribution in [0, 0.1) is 17.0 Å². The standard InChI is InChI=1S/C16H12N2O3/c1-10-5-6-15-13(7-10)14(16(19)17-15)9-11-3-2-4-12(8-11)18(20)21/h2-9H,1H3,(H,17,19). The van der Waals surface area contributed by atoms with E-state index in [-0.39, 0.29) is 11.6 Å². The highest BCUT2D eigenvalue weighted by Gasteiger charge is 2.24. The summed E-state index contributed by atoms with van der Waals surface area (Å²) in [4.78, 5) is 22.4. The molecule has 2 aromatic carbocycles.